The van der Waals surface area contributed by atoms with Gasteiger partial charge in [-0.1, -0.05) is 40.0 Å². The smallest absolute Gasteiger partial charge is 0.117 e. The van der Waals surface area contributed by atoms with Crippen LogP contribution in [0.25, 0.3) is 0 Å². The lowest BCUT2D eigenvalue weighted by molar-refractivity contribution is 0.542. The van der Waals surface area contributed by atoms with Crippen molar-refractivity contribution in [3.05, 3.63) is 10.0 Å². The van der Waals surface area contributed by atoms with E-state index in [0.29, 0.717) is 0 Å². The van der Waals surface area contributed by atoms with Gasteiger partial charge in [0.15, 0.2) is 0 Å². The van der Waals surface area contributed by atoms with Crippen molar-refractivity contribution in [1.82, 2.24) is 15.5 Å². The Morgan fingerprint density at radius 3 is 2.32 bits per heavy atom. The molecule has 1 aromatic rings. The van der Waals surface area contributed by atoms with Gasteiger partial charge in [0.05, 0.1) is 0 Å². The number of nitrogens with zero attached hydrogens (tertiary/aromatic N) is 2. The molecule has 110 valence electrons. The van der Waals surface area contributed by atoms with E-state index in [0.717, 1.165) is 38.3 Å². The van der Waals surface area contributed by atoms with Crippen molar-refractivity contribution in [3.63, 3.8) is 0 Å². The Balaban J connectivity index is 2.09. The van der Waals surface area contributed by atoms with Gasteiger partial charge in [-0.25, -0.2) is 0 Å². The fraction of sp³-hybridized carbons (Fsp3) is 0.867. The lowest BCUT2D eigenvalue weighted by Gasteiger charge is -2.05. The average Bonchev–Trinajstić information content (AvgIpc) is 2.82. The predicted molar refractivity (Wildman–Crippen MR) is 83.8 cm³/mol. The molecule has 19 heavy (non-hydrogen) atoms. The molecular weight excluding hydrogens is 254 g/mol. The number of hydrogen-bond acceptors (Lipinski definition) is 4. The molecule has 0 saturated heterocycles. The summed E-state index contributed by atoms with van der Waals surface area (Å²) in [6.07, 6.45) is 8.57. The molecule has 0 spiro atoms. The third-order valence-electron chi connectivity index (χ3n) is 3.05. The van der Waals surface area contributed by atoms with Crippen molar-refractivity contribution < 1.29 is 0 Å². The van der Waals surface area contributed by atoms with Gasteiger partial charge in [-0.15, -0.1) is 21.5 Å². The minimum absolute atomic E-state index is 0.733. The summed E-state index contributed by atoms with van der Waals surface area (Å²) in [4.78, 5) is 0. The quantitative estimate of drug-likeness (QED) is 0.627. The molecule has 1 N–H and O–H groups in total. The summed E-state index contributed by atoms with van der Waals surface area (Å²) in [5.74, 6) is 0.733. The van der Waals surface area contributed by atoms with Crippen LogP contribution >= 0.6 is 11.3 Å². The van der Waals surface area contributed by atoms with Gasteiger partial charge in [-0.05, 0) is 31.8 Å². The van der Waals surface area contributed by atoms with Gasteiger partial charge in [0.25, 0.3) is 0 Å². The third kappa shape index (κ3) is 8.32. The molecule has 0 atom stereocenters. The van der Waals surface area contributed by atoms with Crippen LogP contribution in [0.2, 0.25) is 0 Å². The summed E-state index contributed by atoms with van der Waals surface area (Å²) in [6, 6.07) is 0. The van der Waals surface area contributed by atoms with Crippen molar-refractivity contribution >= 4 is 11.3 Å². The number of hydrogen-bond donors (Lipinski definition) is 1. The minimum atomic E-state index is 0.733. The Morgan fingerprint density at radius 1 is 1.00 bits per heavy atom. The Kier molecular flexibility index (Phi) is 9.01. The average molecular weight is 283 g/mol. The minimum Gasteiger partial charge on any atom is -0.316 e. The monoisotopic (exact) mass is 283 g/mol. The predicted octanol–water partition coefficient (Wildman–Crippen LogP) is 3.84. The Hall–Kier alpha value is -0.480. The van der Waals surface area contributed by atoms with E-state index in [9.17, 15) is 0 Å². The number of unbranched alkanes of at least 4 members (excludes halogenated alkanes) is 3. The van der Waals surface area contributed by atoms with E-state index in [1.54, 1.807) is 11.3 Å². The van der Waals surface area contributed by atoms with E-state index < -0.39 is 0 Å². The van der Waals surface area contributed by atoms with Crippen molar-refractivity contribution in [3.8, 4) is 0 Å². The van der Waals surface area contributed by atoms with Gasteiger partial charge in [0, 0.05) is 12.8 Å². The largest absolute Gasteiger partial charge is 0.316 e. The number of nitrogens with one attached hydrogen (secondary N) is 1. The standard InChI is InChI=1S/C15H29N3S/c1-4-5-6-7-9-14-17-18-15(19-14)10-8-11-16-12-13(2)3/h13,16H,4-12H2,1-3H3. The maximum Gasteiger partial charge on any atom is 0.117 e. The molecular formula is C15H29N3S. The molecule has 0 bridgehead atoms. The first-order chi connectivity index (χ1) is 9.22. The summed E-state index contributed by atoms with van der Waals surface area (Å²) in [5, 5.41) is 14.5. The molecule has 0 aliphatic heterocycles. The molecule has 0 aliphatic carbocycles. The van der Waals surface area contributed by atoms with Crippen LogP contribution in [-0.2, 0) is 12.8 Å². The van der Waals surface area contributed by atoms with Crippen molar-refractivity contribution in [2.75, 3.05) is 13.1 Å². The van der Waals surface area contributed by atoms with Gasteiger partial charge in [-0.3, -0.25) is 0 Å². The first-order valence-corrected chi connectivity index (χ1v) is 8.56. The van der Waals surface area contributed by atoms with Gasteiger partial charge in [0.1, 0.15) is 10.0 Å². The van der Waals surface area contributed by atoms with E-state index in [-0.39, 0.29) is 0 Å². The van der Waals surface area contributed by atoms with Crippen LogP contribution in [-0.4, -0.2) is 23.3 Å². The zero-order valence-electron chi connectivity index (χ0n) is 12.7. The lowest BCUT2D eigenvalue weighted by atomic mass is 10.2. The van der Waals surface area contributed by atoms with Crippen LogP contribution in [0.3, 0.4) is 0 Å². The van der Waals surface area contributed by atoms with Gasteiger partial charge < -0.3 is 5.32 Å². The van der Waals surface area contributed by atoms with E-state index in [4.69, 9.17) is 0 Å². The highest BCUT2D eigenvalue weighted by Gasteiger charge is 2.04. The summed E-state index contributed by atoms with van der Waals surface area (Å²) in [7, 11) is 0. The number of aromatic nitrogens is 2. The first kappa shape index (κ1) is 16.6. The molecule has 1 aromatic heterocycles. The van der Waals surface area contributed by atoms with Crippen molar-refractivity contribution in [2.24, 2.45) is 5.92 Å². The molecule has 1 heterocycles. The third-order valence-corrected chi connectivity index (χ3v) is 4.09. The van der Waals surface area contributed by atoms with Crippen LogP contribution in [0, 0.1) is 5.92 Å². The summed E-state index contributed by atoms with van der Waals surface area (Å²) < 4.78 is 0. The molecule has 4 heteroatoms. The Bertz CT molecular complexity index is 323. The normalized spacial score (nSPS) is 11.4. The van der Waals surface area contributed by atoms with Gasteiger partial charge in [0.2, 0.25) is 0 Å². The van der Waals surface area contributed by atoms with Gasteiger partial charge in [-0.2, -0.15) is 0 Å². The highest BCUT2D eigenvalue weighted by molar-refractivity contribution is 7.11. The maximum atomic E-state index is 4.29. The molecule has 0 radical (unpaired) electrons. The first-order valence-electron chi connectivity index (χ1n) is 7.74. The number of aryl methyl sites for hydroxylation is 2. The molecule has 3 nitrogen and oxygen atoms in total. The van der Waals surface area contributed by atoms with Crippen LogP contribution in [0.4, 0.5) is 0 Å². The van der Waals surface area contributed by atoms with E-state index in [1.165, 1.54) is 35.7 Å². The summed E-state index contributed by atoms with van der Waals surface area (Å²) in [5.41, 5.74) is 0. The number of rotatable bonds is 11. The molecule has 0 saturated carbocycles. The highest BCUT2D eigenvalue weighted by atomic mass is 32.1. The fourth-order valence-corrected chi connectivity index (χ4v) is 2.88. The Labute approximate surface area is 122 Å². The molecule has 0 unspecified atom stereocenters. The molecule has 0 fully saturated rings. The van der Waals surface area contributed by atoms with Gasteiger partial charge >= 0.3 is 0 Å². The molecule has 1 rings (SSSR count). The second-order valence-electron chi connectivity index (χ2n) is 5.60. The lowest BCUT2D eigenvalue weighted by Crippen LogP contribution is -2.21. The van der Waals surface area contributed by atoms with Crippen LogP contribution in [0.5, 0.6) is 0 Å². The van der Waals surface area contributed by atoms with E-state index >= 15 is 0 Å². The van der Waals surface area contributed by atoms with E-state index in [1.807, 2.05) is 0 Å². The Morgan fingerprint density at radius 2 is 1.68 bits per heavy atom. The van der Waals surface area contributed by atoms with Crippen molar-refractivity contribution in [2.45, 2.75) is 65.7 Å². The molecule has 0 aromatic carbocycles. The van der Waals surface area contributed by atoms with Crippen LogP contribution in [0.15, 0.2) is 0 Å². The van der Waals surface area contributed by atoms with Crippen LogP contribution in [0.1, 0.15) is 62.9 Å². The second-order valence-corrected chi connectivity index (χ2v) is 6.75. The van der Waals surface area contributed by atoms with Crippen molar-refractivity contribution in [1.29, 1.82) is 0 Å². The summed E-state index contributed by atoms with van der Waals surface area (Å²) in [6.45, 7) is 8.92. The van der Waals surface area contributed by atoms with E-state index in [2.05, 4.69) is 36.3 Å². The van der Waals surface area contributed by atoms with Crippen LogP contribution < -0.4 is 5.32 Å². The zero-order chi connectivity index (χ0) is 13.9. The fourth-order valence-electron chi connectivity index (χ4n) is 1.95. The second kappa shape index (κ2) is 10.3. The molecule has 0 amide bonds. The topological polar surface area (TPSA) is 37.8 Å². The maximum absolute atomic E-state index is 4.29. The highest BCUT2D eigenvalue weighted by Crippen LogP contribution is 2.14. The summed E-state index contributed by atoms with van der Waals surface area (Å²) >= 11 is 1.81. The SMILES string of the molecule is CCCCCCc1nnc(CCCNCC(C)C)s1. The molecule has 0 aliphatic rings. The zero-order valence-corrected chi connectivity index (χ0v) is 13.6.